The Morgan fingerprint density at radius 1 is 1.20 bits per heavy atom. The van der Waals surface area contributed by atoms with Crippen LogP contribution in [-0.2, 0) is 4.79 Å². The van der Waals surface area contributed by atoms with Crippen molar-refractivity contribution < 1.29 is 4.79 Å². The van der Waals surface area contributed by atoms with Crippen LogP contribution in [0.1, 0.15) is 22.3 Å². The number of likely N-dealkylation sites (N-methyl/N-ethyl adjacent to an activating group) is 1. The number of rotatable bonds is 2. The maximum atomic E-state index is 11.5. The topological polar surface area (TPSA) is 35.6 Å². The Labute approximate surface area is 95.6 Å². The van der Waals surface area contributed by atoms with Gasteiger partial charge in [0.1, 0.15) is 0 Å². The van der Waals surface area contributed by atoms with E-state index in [1.807, 2.05) is 23.9 Å². The van der Waals surface area contributed by atoms with E-state index in [4.69, 9.17) is 0 Å². The first-order valence-electron chi connectivity index (χ1n) is 4.33. The molecule has 94 valence electrons. The molecule has 0 radical (unpaired) electrons. The maximum absolute atomic E-state index is 11.5. The van der Waals surface area contributed by atoms with Crippen molar-refractivity contribution in [2.24, 2.45) is 0 Å². The van der Waals surface area contributed by atoms with Crippen molar-refractivity contribution in [3.8, 4) is 0 Å². The summed E-state index contributed by atoms with van der Waals surface area (Å²) >= 11 is 0. The number of carbonyl (C=O) groups is 1. The van der Waals surface area contributed by atoms with Crippen LogP contribution in [0.5, 0.6) is 0 Å². The van der Waals surface area contributed by atoms with Gasteiger partial charge in [-0.1, -0.05) is 22.3 Å². The first-order valence-corrected chi connectivity index (χ1v) is 4.33. The second-order valence-corrected chi connectivity index (χ2v) is 3.37. The third-order valence-corrected chi connectivity index (χ3v) is 1.92. The number of nitrogens with zero attached hydrogens (tertiary/aromatic N) is 2. The van der Waals surface area contributed by atoms with Crippen LogP contribution in [0.25, 0.3) is 0 Å². The highest BCUT2D eigenvalue weighted by Crippen LogP contribution is 1.93. The number of amides is 1. The molecule has 1 amide bonds. The van der Waals surface area contributed by atoms with E-state index in [9.17, 15) is 4.79 Å². The van der Waals surface area contributed by atoms with Crippen molar-refractivity contribution in [3.63, 3.8) is 0 Å². The Hall–Kier alpha value is -0.610. The molecule has 15 heavy (non-hydrogen) atoms. The van der Waals surface area contributed by atoms with Gasteiger partial charge in [0.05, 0.1) is 6.54 Å². The normalized spacial score (nSPS) is 14.7. The molecular weight excluding hydrogens is 190 g/mol. The third-order valence-electron chi connectivity index (χ3n) is 1.92. The molecule has 0 saturated carbocycles. The van der Waals surface area contributed by atoms with Crippen LogP contribution >= 0.6 is 0 Å². The van der Waals surface area contributed by atoms with E-state index in [0.29, 0.717) is 6.54 Å². The molecule has 1 heterocycles. The average Bonchev–Trinajstić information content (AvgIpc) is 2.05. The highest BCUT2D eigenvalue weighted by Gasteiger charge is 2.15. The van der Waals surface area contributed by atoms with Gasteiger partial charge in [0.25, 0.3) is 0 Å². The van der Waals surface area contributed by atoms with E-state index < -0.39 is 0 Å². The molecule has 1 N–H and O–H groups in total. The Morgan fingerprint density at radius 3 is 2.07 bits per heavy atom. The molecule has 4 heteroatoms. The van der Waals surface area contributed by atoms with Crippen LogP contribution in [0.15, 0.2) is 0 Å². The summed E-state index contributed by atoms with van der Waals surface area (Å²) in [4.78, 5) is 15.3. The average molecular weight is 219 g/mol. The largest absolute Gasteiger partial charge is 0.339 e. The summed E-state index contributed by atoms with van der Waals surface area (Å²) in [5.74, 6) is 0.238. The van der Waals surface area contributed by atoms with Crippen molar-refractivity contribution >= 4 is 5.91 Å². The number of carbonyl (C=O) groups excluding carboxylic acids is 1. The van der Waals surface area contributed by atoms with Gasteiger partial charge in [-0.3, -0.25) is 4.79 Å². The lowest BCUT2D eigenvalue weighted by atomic mass is 10.3. The van der Waals surface area contributed by atoms with Crippen molar-refractivity contribution in [2.75, 3.05) is 46.8 Å². The Balaban J connectivity index is -0.000000480. The van der Waals surface area contributed by atoms with Gasteiger partial charge in [-0.2, -0.15) is 0 Å². The molecule has 1 rings (SSSR count). The van der Waals surface area contributed by atoms with Gasteiger partial charge < -0.3 is 15.1 Å². The van der Waals surface area contributed by atoms with Crippen molar-refractivity contribution in [2.45, 2.75) is 22.3 Å². The fourth-order valence-corrected chi connectivity index (χ4v) is 1.28. The standard InChI is InChI=1S/C8H17N3O.3CH4/c1-10(2)7-8(12)11-5-3-9-4-6-11;;;/h9H,3-7H2,1-2H3;3*1H4. The Kier molecular flexibility index (Phi) is 13.2. The summed E-state index contributed by atoms with van der Waals surface area (Å²) in [6, 6.07) is 0. The molecule has 0 aromatic rings. The lowest BCUT2D eigenvalue weighted by molar-refractivity contribution is -0.132. The van der Waals surface area contributed by atoms with E-state index in [-0.39, 0.29) is 28.2 Å². The van der Waals surface area contributed by atoms with Crippen LogP contribution in [0, 0.1) is 0 Å². The second-order valence-electron chi connectivity index (χ2n) is 3.37. The fourth-order valence-electron chi connectivity index (χ4n) is 1.28. The number of hydrogen-bond donors (Lipinski definition) is 1. The SMILES string of the molecule is C.C.C.CN(C)CC(=O)N1CCNCC1. The highest BCUT2D eigenvalue weighted by molar-refractivity contribution is 5.78. The van der Waals surface area contributed by atoms with Crippen LogP contribution in [-0.4, -0.2) is 62.5 Å². The van der Waals surface area contributed by atoms with Crippen LogP contribution in [0.4, 0.5) is 0 Å². The molecule has 1 saturated heterocycles. The first-order chi connectivity index (χ1) is 5.70. The minimum atomic E-state index is 0. The smallest absolute Gasteiger partial charge is 0.236 e. The summed E-state index contributed by atoms with van der Waals surface area (Å²) in [7, 11) is 3.83. The van der Waals surface area contributed by atoms with Crippen LogP contribution in [0.3, 0.4) is 0 Å². The van der Waals surface area contributed by atoms with Gasteiger partial charge in [-0.25, -0.2) is 0 Å². The van der Waals surface area contributed by atoms with E-state index >= 15 is 0 Å². The van der Waals surface area contributed by atoms with Gasteiger partial charge in [-0.15, -0.1) is 0 Å². The van der Waals surface area contributed by atoms with E-state index in [2.05, 4.69) is 5.32 Å². The molecule has 0 aromatic carbocycles. The molecule has 0 aliphatic carbocycles. The van der Waals surface area contributed by atoms with Crippen LogP contribution < -0.4 is 5.32 Å². The van der Waals surface area contributed by atoms with Crippen LogP contribution in [0.2, 0.25) is 0 Å². The Morgan fingerprint density at radius 2 is 1.67 bits per heavy atom. The molecule has 4 nitrogen and oxygen atoms in total. The van der Waals surface area contributed by atoms with Gasteiger partial charge in [0.2, 0.25) is 5.91 Å². The lowest BCUT2D eigenvalue weighted by Gasteiger charge is -2.28. The quantitative estimate of drug-likeness (QED) is 0.749. The minimum absolute atomic E-state index is 0. The zero-order chi connectivity index (χ0) is 8.97. The summed E-state index contributed by atoms with van der Waals surface area (Å²) in [5, 5.41) is 3.22. The molecule has 0 bridgehead atoms. The molecule has 1 aliphatic rings. The minimum Gasteiger partial charge on any atom is -0.339 e. The summed E-state index contributed by atoms with van der Waals surface area (Å²) in [6.07, 6.45) is 0. The fraction of sp³-hybridized carbons (Fsp3) is 0.909. The summed E-state index contributed by atoms with van der Waals surface area (Å²) in [6.45, 7) is 4.09. The lowest BCUT2D eigenvalue weighted by Crippen LogP contribution is -2.48. The van der Waals surface area contributed by atoms with Crippen molar-refractivity contribution in [1.82, 2.24) is 15.1 Å². The van der Waals surface area contributed by atoms with Gasteiger partial charge in [0, 0.05) is 26.2 Å². The van der Waals surface area contributed by atoms with E-state index in [0.717, 1.165) is 26.2 Å². The molecule has 1 aliphatic heterocycles. The van der Waals surface area contributed by atoms with Gasteiger partial charge in [0.15, 0.2) is 0 Å². The number of hydrogen-bond acceptors (Lipinski definition) is 3. The molecule has 0 aromatic heterocycles. The van der Waals surface area contributed by atoms with E-state index in [1.54, 1.807) is 0 Å². The van der Waals surface area contributed by atoms with Gasteiger partial charge >= 0.3 is 0 Å². The summed E-state index contributed by atoms with van der Waals surface area (Å²) < 4.78 is 0. The summed E-state index contributed by atoms with van der Waals surface area (Å²) in [5.41, 5.74) is 0. The molecule has 0 atom stereocenters. The predicted octanol–water partition coefficient (Wildman–Crippen LogP) is 0.888. The van der Waals surface area contributed by atoms with Crippen molar-refractivity contribution in [1.29, 1.82) is 0 Å². The van der Waals surface area contributed by atoms with Crippen molar-refractivity contribution in [3.05, 3.63) is 0 Å². The van der Waals surface area contributed by atoms with E-state index in [1.165, 1.54) is 0 Å². The first kappa shape index (κ1) is 19.9. The second kappa shape index (κ2) is 9.93. The zero-order valence-corrected chi connectivity index (χ0v) is 7.84. The number of nitrogens with one attached hydrogen (secondary N) is 1. The molecular formula is C11H29N3O. The molecule has 0 unspecified atom stereocenters. The van der Waals surface area contributed by atoms with Gasteiger partial charge in [-0.05, 0) is 14.1 Å². The monoisotopic (exact) mass is 219 g/mol. The number of piperazine rings is 1. The maximum Gasteiger partial charge on any atom is 0.236 e. The zero-order valence-electron chi connectivity index (χ0n) is 7.84. The predicted molar refractivity (Wildman–Crippen MR) is 68.2 cm³/mol. The molecule has 0 spiro atoms. The highest BCUT2D eigenvalue weighted by atomic mass is 16.2. The molecule has 1 fully saturated rings. The Bertz CT molecular complexity index is 154. The third kappa shape index (κ3) is 7.33.